The lowest BCUT2D eigenvalue weighted by Crippen LogP contribution is -2.62. The number of phenolic OH excluding ortho intramolecular Hbond substituents is 1. The van der Waals surface area contributed by atoms with E-state index in [1.54, 1.807) is 18.3 Å². The number of imidazole rings is 1. The number of anilines is 1. The van der Waals surface area contributed by atoms with Crippen molar-refractivity contribution in [1.82, 2.24) is 30.0 Å². The van der Waals surface area contributed by atoms with Crippen molar-refractivity contribution in [3.05, 3.63) is 42.9 Å². The second-order valence-corrected chi connectivity index (χ2v) is 9.51. The number of nitrogens with zero attached hydrogens (tertiary/aromatic N) is 6. The maximum absolute atomic E-state index is 13.2. The zero-order valence-corrected chi connectivity index (χ0v) is 20.9. The van der Waals surface area contributed by atoms with Crippen molar-refractivity contribution in [2.75, 3.05) is 11.9 Å². The van der Waals surface area contributed by atoms with Gasteiger partial charge in [0.1, 0.15) is 17.8 Å². The number of halogens is 3. The molecular weight excluding hydrogens is 468 g/mol. The van der Waals surface area contributed by atoms with Crippen LogP contribution in [0, 0.1) is 5.95 Å². The van der Waals surface area contributed by atoms with E-state index in [-0.39, 0.29) is 47.7 Å². The lowest BCUT2D eigenvalue weighted by atomic mass is 9.79. The maximum Gasteiger partial charge on any atom is 0.245 e. The summed E-state index contributed by atoms with van der Waals surface area (Å²) in [7, 11) is 2.00. The van der Waals surface area contributed by atoms with Gasteiger partial charge in [0.05, 0.1) is 18.1 Å². The molecule has 33 heavy (non-hydrogen) atoms. The normalized spacial score (nSPS) is 17.0. The van der Waals surface area contributed by atoms with Crippen LogP contribution in [0.2, 0.25) is 0 Å². The Balaban J connectivity index is 0.00000193. The van der Waals surface area contributed by atoms with E-state index < -0.39 is 5.95 Å². The molecule has 0 saturated carbocycles. The predicted molar refractivity (Wildman–Crippen MR) is 131 cm³/mol. The van der Waals surface area contributed by atoms with E-state index in [2.05, 4.69) is 58.1 Å². The average molecular weight is 498 g/mol. The summed E-state index contributed by atoms with van der Waals surface area (Å²) < 4.78 is 14.6. The number of hydrogen-bond acceptors (Lipinski definition) is 7. The molecule has 180 valence electrons. The third-order valence-corrected chi connectivity index (χ3v) is 5.69. The highest BCUT2D eigenvalue weighted by atomic mass is 35.5. The maximum atomic E-state index is 13.2. The van der Waals surface area contributed by atoms with Crippen LogP contribution in [0.5, 0.6) is 5.75 Å². The minimum atomic E-state index is -0.584. The molecule has 1 saturated heterocycles. The van der Waals surface area contributed by atoms with E-state index in [1.807, 2.05) is 7.05 Å². The van der Waals surface area contributed by atoms with Crippen LogP contribution in [0.3, 0.4) is 0 Å². The summed E-state index contributed by atoms with van der Waals surface area (Å²) >= 11 is 0. The van der Waals surface area contributed by atoms with Crippen LogP contribution in [-0.4, -0.2) is 54.0 Å². The molecule has 8 nitrogen and oxygen atoms in total. The van der Waals surface area contributed by atoms with Crippen LogP contribution >= 0.6 is 24.8 Å². The van der Waals surface area contributed by atoms with E-state index in [0.29, 0.717) is 22.9 Å². The lowest BCUT2D eigenvalue weighted by Gasteiger charge is -2.48. The lowest BCUT2D eigenvalue weighted by molar-refractivity contribution is 0.160. The van der Waals surface area contributed by atoms with Crippen LogP contribution in [0.25, 0.3) is 16.9 Å². The number of piperidine rings is 1. The van der Waals surface area contributed by atoms with Gasteiger partial charge in [-0.1, -0.05) is 0 Å². The van der Waals surface area contributed by atoms with E-state index in [1.165, 1.54) is 23.2 Å². The van der Waals surface area contributed by atoms with Gasteiger partial charge in [-0.3, -0.25) is 0 Å². The predicted octanol–water partition coefficient (Wildman–Crippen LogP) is 4.16. The molecule has 1 fully saturated rings. The van der Waals surface area contributed by atoms with Crippen molar-refractivity contribution in [3.8, 4) is 22.7 Å². The molecule has 0 amide bonds. The van der Waals surface area contributed by atoms with E-state index in [0.717, 1.165) is 12.8 Å². The van der Waals surface area contributed by atoms with Crippen LogP contribution < -0.4 is 10.2 Å². The number of hydrogen-bond donors (Lipinski definition) is 2. The molecule has 0 radical (unpaired) electrons. The molecule has 1 aromatic carbocycles. The quantitative estimate of drug-likeness (QED) is 0.558. The second kappa shape index (κ2) is 9.79. The minimum Gasteiger partial charge on any atom is -0.507 e. The first-order valence-corrected chi connectivity index (χ1v) is 10.3. The van der Waals surface area contributed by atoms with Crippen molar-refractivity contribution in [3.63, 3.8) is 0 Å². The molecule has 11 heteroatoms. The molecule has 0 spiro atoms. The molecule has 0 atom stereocenters. The standard InChI is InChI=1S/C22H28FN7O.2ClH/c1-21(2)9-15(10-22(3,4)28-21)29(5)20-24-11-17(26-27-20)16-7-6-14(8-18(16)31)30-12-19(23)25-13-30;;/h6-8,11-13,15,28,31H,9-10H2,1-5H3;2*1H. The Hall–Kier alpha value is -2.49. The van der Waals surface area contributed by atoms with Crippen LogP contribution in [0.1, 0.15) is 40.5 Å². The van der Waals surface area contributed by atoms with Crippen molar-refractivity contribution < 1.29 is 9.50 Å². The smallest absolute Gasteiger partial charge is 0.245 e. The number of nitrogens with one attached hydrogen (secondary N) is 1. The van der Waals surface area contributed by atoms with Crippen molar-refractivity contribution in [1.29, 1.82) is 0 Å². The van der Waals surface area contributed by atoms with Gasteiger partial charge >= 0.3 is 0 Å². The van der Waals surface area contributed by atoms with Crippen molar-refractivity contribution in [2.24, 2.45) is 0 Å². The second-order valence-electron chi connectivity index (χ2n) is 9.51. The van der Waals surface area contributed by atoms with Gasteiger partial charge in [0.2, 0.25) is 11.9 Å². The Morgan fingerprint density at radius 3 is 2.27 bits per heavy atom. The Labute approximate surface area is 205 Å². The zero-order valence-electron chi connectivity index (χ0n) is 19.3. The number of aromatic nitrogens is 5. The summed E-state index contributed by atoms with van der Waals surface area (Å²) in [5.41, 5.74) is 1.58. The summed E-state index contributed by atoms with van der Waals surface area (Å²) in [5, 5.41) is 22.8. The van der Waals surface area contributed by atoms with Crippen LogP contribution in [0.4, 0.5) is 10.3 Å². The summed E-state index contributed by atoms with van der Waals surface area (Å²) in [5.74, 6) is -0.0308. The third-order valence-electron chi connectivity index (χ3n) is 5.69. The molecule has 1 aliphatic heterocycles. The summed E-state index contributed by atoms with van der Waals surface area (Å²) in [6, 6.07) is 5.26. The zero-order chi connectivity index (χ0) is 22.4. The molecule has 3 heterocycles. The number of phenols is 1. The Bertz CT molecular complexity index is 1070. The fraction of sp³-hybridized carbons (Fsp3) is 0.455. The minimum absolute atomic E-state index is 0. The van der Waals surface area contributed by atoms with Gasteiger partial charge in [0.25, 0.3) is 0 Å². The first kappa shape index (κ1) is 26.8. The van der Waals surface area contributed by atoms with E-state index in [9.17, 15) is 9.50 Å². The first-order chi connectivity index (χ1) is 14.5. The Morgan fingerprint density at radius 2 is 1.76 bits per heavy atom. The first-order valence-electron chi connectivity index (χ1n) is 10.3. The van der Waals surface area contributed by atoms with Crippen LogP contribution in [-0.2, 0) is 0 Å². The third kappa shape index (κ3) is 5.90. The largest absolute Gasteiger partial charge is 0.507 e. The molecule has 3 aromatic rings. The van der Waals surface area contributed by atoms with Crippen LogP contribution in [0.15, 0.2) is 36.9 Å². The molecule has 2 aromatic heterocycles. The SMILES string of the molecule is CN(c1ncc(-c2ccc(-n3cnc(F)c3)cc2O)nn1)C1CC(C)(C)NC(C)(C)C1.Cl.Cl. The Morgan fingerprint density at radius 1 is 1.09 bits per heavy atom. The molecule has 0 aliphatic carbocycles. The monoisotopic (exact) mass is 497 g/mol. The summed E-state index contributed by atoms with van der Waals surface area (Å²) in [6.07, 6.45) is 6.13. The molecule has 4 rings (SSSR count). The molecular formula is C22H30Cl2FN7O. The van der Waals surface area contributed by atoms with Gasteiger partial charge in [-0.25, -0.2) is 9.97 Å². The van der Waals surface area contributed by atoms with E-state index in [4.69, 9.17) is 0 Å². The highest BCUT2D eigenvalue weighted by molar-refractivity contribution is 5.85. The van der Waals surface area contributed by atoms with Gasteiger partial charge in [0, 0.05) is 35.8 Å². The summed E-state index contributed by atoms with van der Waals surface area (Å²) in [4.78, 5) is 10.1. The van der Waals surface area contributed by atoms with Gasteiger partial charge in [-0.05, 0) is 52.7 Å². The molecule has 0 unspecified atom stereocenters. The van der Waals surface area contributed by atoms with Crippen molar-refractivity contribution in [2.45, 2.75) is 57.7 Å². The van der Waals surface area contributed by atoms with Crippen molar-refractivity contribution >= 4 is 30.8 Å². The topological polar surface area (TPSA) is 92.0 Å². The fourth-order valence-corrected chi connectivity index (χ4v) is 4.60. The fourth-order valence-electron chi connectivity index (χ4n) is 4.60. The van der Waals surface area contributed by atoms with Gasteiger partial charge in [-0.2, -0.15) is 4.39 Å². The Kier molecular flexibility index (Phi) is 7.94. The molecule has 1 aliphatic rings. The highest BCUT2D eigenvalue weighted by Gasteiger charge is 2.39. The number of benzene rings is 1. The summed E-state index contributed by atoms with van der Waals surface area (Å²) in [6.45, 7) is 8.84. The number of rotatable bonds is 4. The van der Waals surface area contributed by atoms with Gasteiger partial charge < -0.3 is 19.9 Å². The number of aromatic hydroxyl groups is 1. The van der Waals surface area contributed by atoms with Gasteiger partial charge in [0.15, 0.2) is 0 Å². The average Bonchev–Trinajstić information content (AvgIpc) is 3.11. The molecule has 0 bridgehead atoms. The van der Waals surface area contributed by atoms with Gasteiger partial charge in [-0.15, -0.1) is 35.0 Å². The highest BCUT2D eigenvalue weighted by Crippen LogP contribution is 2.33. The van der Waals surface area contributed by atoms with E-state index >= 15 is 0 Å². The molecule has 2 N–H and O–H groups in total.